The summed E-state index contributed by atoms with van der Waals surface area (Å²) in [4.78, 5) is 37.5. The van der Waals surface area contributed by atoms with Gasteiger partial charge in [0.25, 0.3) is 11.8 Å². The Morgan fingerprint density at radius 1 is 1.19 bits per heavy atom. The SMILES string of the molecule is COCc1ccc(C(=O)N2C[C@H]3CC[C@@H]2CN(C(=O)c2cnccn2)C3)o1. The van der Waals surface area contributed by atoms with Gasteiger partial charge in [0, 0.05) is 45.2 Å². The van der Waals surface area contributed by atoms with E-state index in [4.69, 9.17) is 9.15 Å². The third-order valence-corrected chi connectivity index (χ3v) is 5.20. The Kier molecular flexibility index (Phi) is 4.89. The monoisotopic (exact) mass is 370 g/mol. The van der Waals surface area contributed by atoms with Gasteiger partial charge in [-0.05, 0) is 30.9 Å². The molecule has 3 aliphatic rings. The van der Waals surface area contributed by atoms with E-state index in [-0.39, 0.29) is 23.8 Å². The molecule has 3 aliphatic heterocycles. The predicted molar refractivity (Wildman–Crippen MR) is 94.9 cm³/mol. The maximum Gasteiger partial charge on any atom is 0.289 e. The van der Waals surface area contributed by atoms with E-state index in [1.165, 1.54) is 12.4 Å². The van der Waals surface area contributed by atoms with E-state index >= 15 is 0 Å². The summed E-state index contributed by atoms with van der Waals surface area (Å²) in [6, 6.07) is 3.43. The molecular weight excluding hydrogens is 348 g/mol. The molecule has 3 fully saturated rings. The van der Waals surface area contributed by atoms with E-state index < -0.39 is 0 Å². The fourth-order valence-electron chi connectivity index (χ4n) is 3.92. The van der Waals surface area contributed by atoms with Crippen LogP contribution in [-0.2, 0) is 11.3 Å². The number of carbonyl (C=O) groups excluding carboxylic acids is 2. The molecule has 8 heteroatoms. The van der Waals surface area contributed by atoms with Crippen molar-refractivity contribution >= 4 is 11.8 Å². The zero-order valence-electron chi connectivity index (χ0n) is 15.2. The predicted octanol–water partition coefficient (Wildman–Crippen LogP) is 1.59. The summed E-state index contributed by atoms with van der Waals surface area (Å²) >= 11 is 0. The number of furan rings is 1. The van der Waals surface area contributed by atoms with Crippen molar-refractivity contribution in [3.05, 3.63) is 47.9 Å². The minimum Gasteiger partial charge on any atom is -0.453 e. The molecule has 2 amide bonds. The number of hydrogen-bond donors (Lipinski definition) is 0. The van der Waals surface area contributed by atoms with Crippen molar-refractivity contribution in [2.45, 2.75) is 25.5 Å². The summed E-state index contributed by atoms with van der Waals surface area (Å²) in [5.41, 5.74) is 0.340. The fourth-order valence-corrected chi connectivity index (χ4v) is 3.92. The van der Waals surface area contributed by atoms with Crippen LogP contribution >= 0.6 is 0 Å². The van der Waals surface area contributed by atoms with Crippen molar-refractivity contribution in [3.8, 4) is 0 Å². The Morgan fingerprint density at radius 2 is 2.07 bits per heavy atom. The van der Waals surface area contributed by atoms with Crippen LogP contribution in [0.3, 0.4) is 0 Å². The van der Waals surface area contributed by atoms with Crippen molar-refractivity contribution in [2.75, 3.05) is 26.7 Å². The summed E-state index contributed by atoms with van der Waals surface area (Å²) in [5, 5.41) is 0. The molecule has 142 valence electrons. The summed E-state index contributed by atoms with van der Waals surface area (Å²) < 4.78 is 10.7. The molecule has 8 nitrogen and oxygen atoms in total. The molecule has 2 bridgehead atoms. The van der Waals surface area contributed by atoms with Crippen LogP contribution in [0.25, 0.3) is 0 Å². The lowest BCUT2D eigenvalue weighted by Gasteiger charge is -2.35. The minimum atomic E-state index is -0.130. The topological polar surface area (TPSA) is 88.8 Å². The molecule has 0 aromatic carbocycles. The highest BCUT2D eigenvalue weighted by molar-refractivity contribution is 5.93. The van der Waals surface area contributed by atoms with Crippen LogP contribution in [0.2, 0.25) is 0 Å². The number of aromatic nitrogens is 2. The molecule has 2 aromatic heterocycles. The maximum atomic E-state index is 13.0. The largest absolute Gasteiger partial charge is 0.453 e. The number of piperidine rings is 1. The normalized spacial score (nSPS) is 22.0. The van der Waals surface area contributed by atoms with Crippen molar-refractivity contribution in [1.82, 2.24) is 19.8 Å². The average molecular weight is 370 g/mol. The van der Waals surface area contributed by atoms with Crippen LogP contribution in [0.1, 0.15) is 39.6 Å². The van der Waals surface area contributed by atoms with E-state index in [9.17, 15) is 9.59 Å². The van der Waals surface area contributed by atoms with Crippen molar-refractivity contribution in [1.29, 1.82) is 0 Å². The number of fused-ring (bicyclic) bond motifs is 4. The Morgan fingerprint density at radius 3 is 2.85 bits per heavy atom. The molecule has 0 radical (unpaired) electrons. The highest BCUT2D eigenvalue weighted by Gasteiger charge is 2.40. The van der Waals surface area contributed by atoms with Crippen LogP contribution in [-0.4, -0.2) is 64.4 Å². The number of hydrogen-bond acceptors (Lipinski definition) is 6. The summed E-state index contributed by atoms with van der Waals surface area (Å²) in [6.07, 6.45) is 6.44. The van der Waals surface area contributed by atoms with Gasteiger partial charge in [0.1, 0.15) is 18.1 Å². The highest BCUT2D eigenvalue weighted by Crippen LogP contribution is 2.30. The van der Waals surface area contributed by atoms with Gasteiger partial charge in [0.2, 0.25) is 0 Å². The summed E-state index contributed by atoms with van der Waals surface area (Å²) in [7, 11) is 1.58. The molecule has 0 unspecified atom stereocenters. The van der Waals surface area contributed by atoms with Gasteiger partial charge in [-0.2, -0.15) is 0 Å². The first-order valence-electron chi connectivity index (χ1n) is 9.09. The number of ether oxygens (including phenoxy) is 1. The molecular formula is C19H22N4O4. The lowest BCUT2D eigenvalue weighted by Crippen LogP contribution is -2.47. The lowest BCUT2D eigenvalue weighted by molar-refractivity contribution is 0.0538. The number of nitrogens with zero attached hydrogens (tertiary/aromatic N) is 4. The van der Waals surface area contributed by atoms with Crippen molar-refractivity contribution in [2.24, 2.45) is 5.92 Å². The Hall–Kier alpha value is -2.74. The average Bonchev–Trinajstić information content (AvgIpc) is 2.97. The molecule has 0 N–H and O–H groups in total. The van der Waals surface area contributed by atoms with Crippen LogP contribution in [0.4, 0.5) is 0 Å². The van der Waals surface area contributed by atoms with E-state index in [0.29, 0.717) is 43.5 Å². The molecule has 0 saturated carbocycles. The standard InChI is InChI=1S/C19H22N4O4/c1-26-12-15-4-5-17(27-15)19(25)23-10-13-2-3-14(23)11-22(9-13)18(24)16-8-20-6-7-21-16/h4-8,13-14H,2-3,9-12H2,1H3/t13-,14+/m0/s1. The smallest absolute Gasteiger partial charge is 0.289 e. The molecule has 27 heavy (non-hydrogen) atoms. The second-order valence-electron chi connectivity index (χ2n) is 7.05. The van der Waals surface area contributed by atoms with Crippen LogP contribution in [0.5, 0.6) is 0 Å². The van der Waals surface area contributed by atoms with Crippen molar-refractivity contribution in [3.63, 3.8) is 0 Å². The first-order chi connectivity index (χ1) is 13.2. The Bertz CT molecular complexity index is 822. The third kappa shape index (κ3) is 3.57. The van der Waals surface area contributed by atoms with Gasteiger partial charge in [-0.3, -0.25) is 14.6 Å². The minimum absolute atomic E-state index is 0.0205. The molecule has 5 rings (SSSR count). The van der Waals surface area contributed by atoms with Crippen LogP contribution in [0, 0.1) is 5.92 Å². The fraction of sp³-hybridized carbons (Fsp3) is 0.474. The van der Waals surface area contributed by atoms with Gasteiger partial charge in [0.05, 0.1) is 6.20 Å². The van der Waals surface area contributed by atoms with Crippen LogP contribution in [0.15, 0.2) is 35.1 Å². The first-order valence-corrected chi connectivity index (χ1v) is 9.09. The van der Waals surface area contributed by atoms with E-state index in [0.717, 1.165) is 12.8 Å². The molecule has 2 atom stereocenters. The summed E-state index contributed by atoms with van der Waals surface area (Å²) in [6.45, 7) is 2.10. The lowest BCUT2D eigenvalue weighted by atomic mass is 9.95. The number of methoxy groups -OCH3 is 1. The molecule has 5 heterocycles. The van der Waals surface area contributed by atoms with E-state index in [2.05, 4.69) is 9.97 Å². The second kappa shape index (κ2) is 7.48. The maximum absolute atomic E-state index is 13.0. The number of carbonyl (C=O) groups is 2. The van der Waals surface area contributed by atoms with Gasteiger partial charge < -0.3 is 19.0 Å². The van der Waals surface area contributed by atoms with Gasteiger partial charge in [-0.15, -0.1) is 0 Å². The summed E-state index contributed by atoms with van der Waals surface area (Å²) in [5.74, 6) is 0.943. The van der Waals surface area contributed by atoms with Gasteiger partial charge in [-0.1, -0.05) is 0 Å². The second-order valence-corrected chi connectivity index (χ2v) is 7.05. The van der Waals surface area contributed by atoms with E-state index in [1.54, 1.807) is 30.3 Å². The number of rotatable bonds is 4. The molecule has 0 spiro atoms. The van der Waals surface area contributed by atoms with Gasteiger partial charge >= 0.3 is 0 Å². The highest BCUT2D eigenvalue weighted by atomic mass is 16.5. The Balaban J connectivity index is 1.51. The quantitative estimate of drug-likeness (QED) is 0.812. The zero-order valence-corrected chi connectivity index (χ0v) is 15.2. The molecule has 2 aromatic rings. The Labute approximate surface area is 157 Å². The van der Waals surface area contributed by atoms with Crippen molar-refractivity contribution < 1.29 is 18.7 Å². The third-order valence-electron chi connectivity index (χ3n) is 5.20. The molecule has 3 saturated heterocycles. The molecule has 0 aliphatic carbocycles. The van der Waals surface area contributed by atoms with E-state index in [1.807, 2.05) is 4.90 Å². The van der Waals surface area contributed by atoms with Crippen LogP contribution < -0.4 is 0 Å². The number of amides is 2. The first kappa shape index (κ1) is 17.7. The van der Waals surface area contributed by atoms with Gasteiger partial charge in [0.15, 0.2) is 5.76 Å². The zero-order chi connectivity index (χ0) is 18.8. The van der Waals surface area contributed by atoms with Gasteiger partial charge in [-0.25, -0.2) is 4.98 Å².